The molecular weight excluding hydrogens is 254 g/mol. The summed E-state index contributed by atoms with van der Waals surface area (Å²) in [4.78, 5) is 34.4. The topological polar surface area (TPSA) is 122 Å². The second-order valence-electron chi connectivity index (χ2n) is 4.83. The standard InChI is InChI=1S/C11H19N3O5/c1-7-11(2,3-4-19-7)13-10(18)14(5-8(12)15)6-9(16)17/h7H,3-6H2,1-2H3,(H2,12,15)(H,13,18)(H,16,17). The molecule has 2 unspecified atom stereocenters. The Bertz CT molecular complexity index is 371. The van der Waals surface area contributed by atoms with Crippen molar-refractivity contribution < 1.29 is 24.2 Å². The van der Waals surface area contributed by atoms with Gasteiger partial charge in [-0.2, -0.15) is 0 Å². The lowest BCUT2D eigenvalue weighted by atomic mass is 9.95. The number of amides is 3. The largest absolute Gasteiger partial charge is 0.480 e. The van der Waals surface area contributed by atoms with Crippen molar-refractivity contribution in [1.82, 2.24) is 10.2 Å². The predicted molar refractivity (Wildman–Crippen MR) is 65.4 cm³/mol. The third kappa shape index (κ3) is 4.09. The fourth-order valence-electron chi connectivity index (χ4n) is 1.87. The van der Waals surface area contributed by atoms with E-state index >= 15 is 0 Å². The highest BCUT2D eigenvalue weighted by Crippen LogP contribution is 2.25. The second-order valence-corrected chi connectivity index (χ2v) is 4.83. The van der Waals surface area contributed by atoms with Gasteiger partial charge in [0, 0.05) is 6.61 Å². The zero-order valence-electron chi connectivity index (χ0n) is 11.0. The zero-order valence-corrected chi connectivity index (χ0v) is 11.0. The molecule has 0 aliphatic carbocycles. The van der Waals surface area contributed by atoms with Gasteiger partial charge in [0.2, 0.25) is 5.91 Å². The molecule has 4 N–H and O–H groups in total. The molecule has 108 valence electrons. The maximum atomic E-state index is 12.0. The number of rotatable bonds is 5. The number of carbonyl (C=O) groups is 3. The van der Waals surface area contributed by atoms with Crippen LogP contribution in [0.5, 0.6) is 0 Å². The van der Waals surface area contributed by atoms with E-state index in [0.29, 0.717) is 13.0 Å². The van der Waals surface area contributed by atoms with Crippen molar-refractivity contribution in [1.29, 1.82) is 0 Å². The molecule has 2 atom stereocenters. The number of primary amides is 1. The maximum absolute atomic E-state index is 12.0. The van der Waals surface area contributed by atoms with Crippen molar-refractivity contribution in [2.45, 2.75) is 31.9 Å². The average molecular weight is 273 g/mol. The van der Waals surface area contributed by atoms with Crippen molar-refractivity contribution in [3.63, 3.8) is 0 Å². The van der Waals surface area contributed by atoms with Crippen molar-refractivity contribution in [3.05, 3.63) is 0 Å². The number of ether oxygens (including phenoxy) is 1. The van der Waals surface area contributed by atoms with Crippen LogP contribution in [0.1, 0.15) is 20.3 Å². The van der Waals surface area contributed by atoms with Crippen LogP contribution in [-0.2, 0) is 14.3 Å². The molecule has 0 aromatic carbocycles. The van der Waals surface area contributed by atoms with Gasteiger partial charge in [0.05, 0.1) is 11.6 Å². The van der Waals surface area contributed by atoms with Crippen LogP contribution in [0.15, 0.2) is 0 Å². The minimum Gasteiger partial charge on any atom is -0.480 e. The second kappa shape index (κ2) is 5.87. The lowest BCUT2D eigenvalue weighted by molar-refractivity contribution is -0.137. The first-order chi connectivity index (χ1) is 8.74. The van der Waals surface area contributed by atoms with Crippen LogP contribution < -0.4 is 11.1 Å². The highest BCUT2D eigenvalue weighted by Gasteiger charge is 2.39. The van der Waals surface area contributed by atoms with Gasteiger partial charge in [0.1, 0.15) is 13.1 Å². The van der Waals surface area contributed by atoms with Crippen molar-refractivity contribution in [2.75, 3.05) is 19.7 Å². The number of nitrogens with zero attached hydrogens (tertiary/aromatic N) is 1. The average Bonchev–Trinajstić information content (AvgIpc) is 2.56. The molecule has 0 bridgehead atoms. The predicted octanol–water partition coefficient (Wildman–Crippen LogP) is -0.865. The van der Waals surface area contributed by atoms with E-state index in [1.807, 2.05) is 13.8 Å². The lowest BCUT2D eigenvalue weighted by Crippen LogP contribution is -2.56. The molecule has 0 aromatic heterocycles. The number of hydrogen-bond acceptors (Lipinski definition) is 4. The SMILES string of the molecule is CC1OCCC1(C)NC(=O)N(CC(N)=O)CC(=O)O. The summed E-state index contributed by atoms with van der Waals surface area (Å²) in [6.07, 6.45) is 0.439. The number of nitrogens with two attached hydrogens (primary N) is 1. The Balaban J connectivity index is 2.70. The molecule has 1 rings (SSSR count). The van der Waals surface area contributed by atoms with Crippen LogP contribution >= 0.6 is 0 Å². The van der Waals surface area contributed by atoms with Gasteiger partial charge in [-0.05, 0) is 20.3 Å². The van der Waals surface area contributed by atoms with Crippen LogP contribution in [0.4, 0.5) is 4.79 Å². The third-order valence-electron chi connectivity index (χ3n) is 3.24. The van der Waals surface area contributed by atoms with Gasteiger partial charge < -0.3 is 25.8 Å². The Morgan fingerprint density at radius 3 is 2.53 bits per heavy atom. The van der Waals surface area contributed by atoms with Gasteiger partial charge in [-0.3, -0.25) is 9.59 Å². The van der Waals surface area contributed by atoms with Gasteiger partial charge in [-0.25, -0.2) is 4.79 Å². The van der Waals surface area contributed by atoms with E-state index in [2.05, 4.69) is 5.32 Å². The number of nitrogens with one attached hydrogen (secondary N) is 1. The number of carboxylic acids is 1. The fourth-order valence-corrected chi connectivity index (χ4v) is 1.87. The van der Waals surface area contributed by atoms with Gasteiger partial charge in [0.25, 0.3) is 0 Å². The normalized spacial score (nSPS) is 25.9. The molecule has 19 heavy (non-hydrogen) atoms. The van der Waals surface area contributed by atoms with Crippen LogP contribution in [0.2, 0.25) is 0 Å². The monoisotopic (exact) mass is 273 g/mol. The summed E-state index contributed by atoms with van der Waals surface area (Å²) < 4.78 is 5.37. The van der Waals surface area contributed by atoms with E-state index in [4.69, 9.17) is 15.6 Å². The molecule has 3 amide bonds. The summed E-state index contributed by atoms with van der Waals surface area (Å²) >= 11 is 0. The minimum absolute atomic E-state index is 0.184. The number of carboxylic acid groups (broad SMARTS) is 1. The Kier molecular flexibility index (Phi) is 4.71. The quantitative estimate of drug-likeness (QED) is 0.601. The Morgan fingerprint density at radius 1 is 1.47 bits per heavy atom. The summed E-state index contributed by atoms with van der Waals surface area (Å²) in [6.45, 7) is 3.13. The fraction of sp³-hybridized carbons (Fsp3) is 0.727. The summed E-state index contributed by atoms with van der Waals surface area (Å²) in [7, 11) is 0. The Morgan fingerprint density at radius 2 is 2.11 bits per heavy atom. The first-order valence-corrected chi connectivity index (χ1v) is 5.93. The highest BCUT2D eigenvalue weighted by molar-refractivity contribution is 5.86. The molecular formula is C11H19N3O5. The van der Waals surface area contributed by atoms with Crippen molar-refractivity contribution in [3.8, 4) is 0 Å². The molecule has 1 fully saturated rings. The Labute approximate surface area is 110 Å². The number of urea groups is 1. The molecule has 0 saturated carbocycles. The third-order valence-corrected chi connectivity index (χ3v) is 3.24. The maximum Gasteiger partial charge on any atom is 0.323 e. The van der Waals surface area contributed by atoms with Crippen LogP contribution in [0, 0.1) is 0 Å². The number of carbonyl (C=O) groups excluding carboxylic acids is 2. The summed E-state index contributed by atoms with van der Waals surface area (Å²) in [5, 5.41) is 11.4. The van der Waals surface area contributed by atoms with Gasteiger partial charge in [0.15, 0.2) is 0 Å². The number of aliphatic carboxylic acids is 1. The molecule has 0 aromatic rings. The first kappa shape index (κ1) is 15.2. The smallest absolute Gasteiger partial charge is 0.323 e. The Hall–Kier alpha value is -1.83. The summed E-state index contributed by atoms with van der Waals surface area (Å²) in [6, 6.07) is -0.638. The minimum atomic E-state index is -1.21. The van der Waals surface area contributed by atoms with E-state index in [1.54, 1.807) is 0 Å². The first-order valence-electron chi connectivity index (χ1n) is 5.93. The van der Waals surface area contributed by atoms with Crippen LogP contribution in [0.3, 0.4) is 0 Å². The molecule has 1 saturated heterocycles. The number of hydrogen-bond donors (Lipinski definition) is 3. The van der Waals surface area contributed by atoms with E-state index in [-0.39, 0.29) is 6.10 Å². The van der Waals surface area contributed by atoms with Crippen molar-refractivity contribution >= 4 is 17.9 Å². The molecule has 1 heterocycles. The molecule has 8 heteroatoms. The summed E-state index contributed by atoms with van der Waals surface area (Å²) in [5.41, 5.74) is 4.42. The lowest BCUT2D eigenvalue weighted by Gasteiger charge is -2.31. The molecule has 1 aliphatic rings. The van der Waals surface area contributed by atoms with Crippen LogP contribution in [0.25, 0.3) is 0 Å². The van der Waals surface area contributed by atoms with E-state index in [1.165, 1.54) is 0 Å². The highest BCUT2D eigenvalue weighted by atomic mass is 16.5. The zero-order chi connectivity index (χ0) is 14.6. The molecule has 0 spiro atoms. The van der Waals surface area contributed by atoms with Gasteiger partial charge >= 0.3 is 12.0 Å². The van der Waals surface area contributed by atoms with E-state index < -0.39 is 36.5 Å². The molecule has 8 nitrogen and oxygen atoms in total. The van der Waals surface area contributed by atoms with Gasteiger partial charge in [-0.15, -0.1) is 0 Å². The van der Waals surface area contributed by atoms with Crippen molar-refractivity contribution in [2.24, 2.45) is 5.73 Å². The van der Waals surface area contributed by atoms with Crippen LogP contribution in [-0.4, -0.2) is 59.3 Å². The molecule has 1 aliphatic heterocycles. The summed E-state index contributed by atoms with van der Waals surface area (Å²) in [5.74, 6) is -1.98. The van der Waals surface area contributed by atoms with Gasteiger partial charge in [-0.1, -0.05) is 0 Å². The van der Waals surface area contributed by atoms with E-state index in [0.717, 1.165) is 4.90 Å². The molecule has 0 radical (unpaired) electrons. The van der Waals surface area contributed by atoms with E-state index in [9.17, 15) is 14.4 Å².